The van der Waals surface area contributed by atoms with Gasteiger partial charge in [-0.15, -0.1) is 0 Å². The van der Waals surface area contributed by atoms with E-state index in [9.17, 15) is 0 Å². The Morgan fingerprint density at radius 3 is 2.76 bits per heavy atom. The van der Waals surface area contributed by atoms with Crippen LogP contribution in [0.25, 0.3) is 0 Å². The first kappa shape index (κ1) is 12.6. The first-order valence-electron chi connectivity index (χ1n) is 6.80. The van der Waals surface area contributed by atoms with Gasteiger partial charge in [0.2, 0.25) is 0 Å². The summed E-state index contributed by atoms with van der Waals surface area (Å²) in [4.78, 5) is 2.59. The number of hydrogen-bond donors (Lipinski definition) is 1. The molecule has 0 aliphatic carbocycles. The third-order valence-electron chi connectivity index (χ3n) is 3.73. The lowest BCUT2D eigenvalue weighted by Crippen LogP contribution is -2.37. The molecule has 0 bridgehead atoms. The number of likely N-dealkylation sites (N-methyl/N-ethyl adjacent to an activating group) is 1. The third-order valence-corrected chi connectivity index (χ3v) is 3.73. The van der Waals surface area contributed by atoms with E-state index < -0.39 is 0 Å². The van der Waals surface area contributed by atoms with E-state index >= 15 is 0 Å². The lowest BCUT2D eigenvalue weighted by Gasteiger charge is -2.23. The van der Waals surface area contributed by atoms with Crippen LogP contribution < -0.4 is 5.32 Å². The summed E-state index contributed by atoms with van der Waals surface area (Å²) in [5.74, 6) is 0. The normalized spacial score (nSPS) is 20.9. The zero-order valence-corrected chi connectivity index (χ0v) is 11.1. The van der Waals surface area contributed by atoms with Gasteiger partial charge >= 0.3 is 0 Å². The van der Waals surface area contributed by atoms with Crippen molar-refractivity contribution in [2.45, 2.75) is 39.3 Å². The molecule has 0 aromatic heterocycles. The molecule has 1 saturated heterocycles. The number of likely N-dealkylation sites (tertiary alicyclic amines) is 1. The summed E-state index contributed by atoms with van der Waals surface area (Å²) in [5, 5.41) is 3.59. The quantitative estimate of drug-likeness (QED) is 0.839. The second-order valence-electron chi connectivity index (χ2n) is 5.04. The molecule has 0 saturated carbocycles. The topological polar surface area (TPSA) is 15.3 Å². The zero-order chi connectivity index (χ0) is 12.1. The molecular formula is C15H24N2. The van der Waals surface area contributed by atoms with E-state index in [-0.39, 0.29) is 0 Å². The standard InChI is InChI=1S/C15H24N2/c1-3-17-10-4-5-15(17)12-16-11-14-8-6-13(2)7-9-14/h6-9,15-16H,3-5,10-12H2,1-2H3. The number of nitrogens with zero attached hydrogens (tertiary/aromatic N) is 1. The molecule has 2 heteroatoms. The van der Waals surface area contributed by atoms with Crippen LogP contribution in [0.15, 0.2) is 24.3 Å². The molecule has 1 atom stereocenters. The van der Waals surface area contributed by atoms with Gasteiger partial charge in [-0.25, -0.2) is 0 Å². The van der Waals surface area contributed by atoms with Gasteiger partial charge in [0.25, 0.3) is 0 Å². The van der Waals surface area contributed by atoms with Crippen molar-refractivity contribution in [2.75, 3.05) is 19.6 Å². The molecule has 1 N–H and O–H groups in total. The minimum atomic E-state index is 0.755. The second-order valence-corrected chi connectivity index (χ2v) is 5.04. The van der Waals surface area contributed by atoms with E-state index in [2.05, 4.69) is 48.3 Å². The third kappa shape index (κ3) is 3.55. The molecular weight excluding hydrogens is 208 g/mol. The van der Waals surface area contributed by atoms with Crippen molar-refractivity contribution in [3.63, 3.8) is 0 Å². The number of benzene rings is 1. The molecule has 1 aromatic carbocycles. The molecule has 1 unspecified atom stereocenters. The molecule has 1 heterocycles. The summed E-state index contributed by atoms with van der Waals surface area (Å²) in [6, 6.07) is 9.56. The predicted molar refractivity (Wildman–Crippen MR) is 73.2 cm³/mol. The van der Waals surface area contributed by atoms with E-state index in [1.54, 1.807) is 0 Å². The van der Waals surface area contributed by atoms with Gasteiger partial charge in [0.05, 0.1) is 0 Å². The van der Waals surface area contributed by atoms with Gasteiger partial charge in [-0.1, -0.05) is 36.8 Å². The van der Waals surface area contributed by atoms with Gasteiger partial charge < -0.3 is 5.32 Å². The molecule has 94 valence electrons. The minimum absolute atomic E-state index is 0.755. The summed E-state index contributed by atoms with van der Waals surface area (Å²) in [7, 11) is 0. The van der Waals surface area contributed by atoms with Crippen molar-refractivity contribution in [2.24, 2.45) is 0 Å². The van der Waals surface area contributed by atoms with E-state index in [4.69, 9.17) is 0 Å². The molecule has 1 aliphatic heterocycles. The van der Waals surface area contributed by atoms with Gasteiger partial charge in [0.15, 0.2) is 0 Å². The summed E-state index contributed by atoms with van der Waals surface area (Å²) in [5.41, 5.74) is 2.72. The van der Waals surface area contributed by atoms with Crippen LogP contribution in [0.1, 0.15) is 30.9 Å². The maximum absolute atomic E-state index is 3.59. The molecule has 17 heavy (non-hydrogen) atoms. The summed E-state index contributed by atoms with van der Waals surface area (Å²) < 4.78 is 0. The zero-order valence-electron chi connectivity index (χ0n) is 11.1. The summed E-state index contributed by atoms with van der Waals surface area (Å²) in [6.45, 7) is 8.99. The van der Waals surface area contributed by atoms with Crippen molar-refractivity contribution < 1.29 is 0 Å². The van der Waals surface area contributed by atoms with Crippen molar-refractivity contribution >= 4 is 0 Å². The van der Waals surface area contributed by atoms with E-state index in [1.165, 1.54) is 37.1 Å². The van der Waals surface area contributed by atoms with Gasteiger partial charge in [0, 0.05) is 19.1 Å². The first-order valence-corrected chi connectivity index (χ1v) is 6.80. The Hall–Kier alpha value is -0.860. The Morgan fingerprint density at radius 1 is 1.29 bits per heavy atom. The lowest BCUT2D eigenvalue weighted by molar-refractivity contribution is 0.260. The highest BCUT2D eigenvalue weighted by molar-refractivity contribution is 5.21. The average Bonchev–Trinajstić information content (AvgIpc) is 2.79. The maximum Gasteiger partial charge on any atom is 0.0221 e. The Morgan fingerprint density at radius 2 is 2.06 bits per heavy atom. The highest BCUT2D eigenvalue weighted by atomic mass is 15.2. The SMILES string of the molecule is CCN1CCCC1CNCc1ccc(C)cc1. The Kier molecular flexibility index (Phi) is 4.57. The van der Waals surface area contributed by atoms with Crippen LogP contribution in [0, 0.1) is 6.92 Å². The van der Waals surface area contributed by atoms with E-state index in [0.717, 1.165) is 19.1 Å². The fourth-order valence-electron chi connectivity index (χ4n) is 2.63. The van der Waals surface area contributed by atoms with Crippen LogP contribution in [0.5, 0.6) is 0 Å². The highest BCUT2D eigenvalue weighted by Gasteiger charge is 2.21. The molecule has 1 aromatic rings. The smallest absolute Gasteiger partial charge is 0.0221 e. The average molecular weight is 232 g/mol. The number of nitrogens with one attached hydrogen (secondary N) is 1. The molecule has 2 nitrogen and oxygen atoms in total. The largest absolute Gasteiger partial charge is 0.311 e. The molecule has 0 amide bonds. The predicted octanol–water partition coefficient (Wildman–Crippen LogP) is 2.57. The van der Waals surface area contributed by atoms with Gasteiger partial charge in [-0.3, -0.25) is 4.90 Å². The fraction of sp³-hybridized carbons (Fsp3) is 0.600. The minimum Gasteiger partial charge on any atom is -0.311 e. The van der Waals surface area contributed by atoms with Crippen LogP contribution in [0.4, 0.5) is 0 Å². The van der Waals surface area contributed by atoms with Crippen LogP contribution in [0.2, 0.25) is 0 Å². The number of hydrogen-bond acceptors (Lipinski definition) is 2. The molecule has 1 fully saturated rings. The molecule has 1 aliphatic rings. The van der Waals surface area contributed by atoms with E-state index in [0.29, 0.717) is 0 Å². The monoisotopic (exact) mass is 232 g/mol. The maximum atomic E-state index is 3.59. The molecule has 2 rings (SSSR count). The van der Waals surface area contributed by atoms with Gasteiger partial charge in [-0.2, -0.15) is 0 Å². The van der Waals surface area contributed by atoms with Crippen LogP contribution in [-0.2, 0) is 6.54 Å². The van der Waals surface area contributed by atoms with E-state index in [1.807, 2.05) is 0 Å². The van der Waals surface area contributed by atoms with Crippen molar-refractivity contribution in [3.8, 4) is 0 Å². The van der Waals surface area contributed by atoms with Crippen LogP contribution >= 0.6 is 0 Å². The van der Waals surface area contributed by atoms with Crippen molar-refractivity contribution in [1.82, 2.24) is 10.2 Å². The highest BCUT2D eigenvalue weighted by Crippen LogP contribution is 2.15. The second kappa shape index (κ2) is 6.18. The van der Waals surface area contributed by atoms with Crippen LogP contribution in [-0.4, -0.2) is 30.6 Å². The van der Waals surface area contributed by atoms with Crippen LogP contribution in [0.3, 0.4) is 0 Å². The Bertz CT molecular complexity index is 331. The number of aryl methyl sites for hydroxylation is 1. The Labute approximate surface area is 105 Å². The summed E-state index contributed by atoms with van der Waals surface area (Å²) in [6.07, 6.45) is 2.72. The van der Waals surface area contributed by atoms with Gasteiger partial charge in [-0.05, 0) is 38.4 Å². The summed E-state index contributed by atoms with van der Waals surface area (Å²) >= 11 is 0. The number of rotatable bonds is 5. The lowest BCUT2D eigenvalue weighted by atomic mass is 10.1. The molecule has 0 spiro atoms. The first-order chi connectivity index (χ1) is 8.29. The van der Waals surface area contributed by atoms with Crippen molar-refractivity contribution in [1.29, 1.82) is 0 Å². The van der Waals surface area contributed by atoms with Crippen molar-refractivity contribution in [3.05, 3.63) is 35.4 Å². The Balaban J connectivity index is 1.74. The van der Waals surface area contributed by atoms with Gasteiger partial charge in [0.1, 0.15) is 0 Å². The fourth-order valence-corrected chi connectivity index (χ4v) is 2.63. The molecule has 0 radical (unpaired) electrons.